The summed E-state index contributed by atoms with van der Waals surface area (Å²) in [5, 5.41) is 8.13. The number of benzene rings is 2. The van der Waals surface area contributed by atoms with Gasteiger partial charge in [-0.15, -0.1) is 0 Å². The molecule has 0 fully saturated rings. The summed E-state index contributed by atoms with van der Waals surface area (Å²) >= 11 is 6.36. The van der Waals surface area contributed by atoms with Crippen LogP contribution in [0.2, 0.25) is 5.02 Å². The summed E-state index contributed by atoms with van der Waals surface area (Å²) in [6.07, 6.45) is 2.87. The number of methoxy groups -OCH3 is 2. The van der Waals surface area contributed by atoms with E-state index >= 15 is 0 Å². The highest BCUT2D eigenvalue weighted by Crippen LogP contribution is 2.28. The van der Waals surface area contributed by atoms with E-state index in [0.29, 0.717) is 42.1 Å². The number of nitrogens with one attached hydrogen (secondary N) is 1. The van der Waals surface area contributed by atoms with Crippen molar-refractivity contribution in [1.82, 2.24) is 19.9 Å². The van der Waals surface area contributed by atoms with Crippen molar-refractivity contribution in [2.45, 2.75) is 26.7 Å². The number of amides is 1. The van der Waals surface area contributed by atoms with Gasteiger partial charge in [0.05, 0.1) is 20.4 Å². The number of aryl methyl sites for hydroxylation is 2. The molecule has 0 atom stereocenters. The third-order valence-corrected chi connectivity index (χ3v) is 6.29. The zero-order valence-electron chi connectivity index (χ0n) is 19.7. The van der Waals surface area contributed by atoms with Crippen molar-refractivity contribution < 1.29 is 14.3 Å². The van der Waals surface area contributed by atoms with Crippen LogP contribution in [0.4, 0.5) is 0 Å². The Bertz CT molecular complexity index is 1350. The van der Waals surface area contributed by atoms with Crippen LogP contribution in [0, 0.1) is 13.8 Å². The molecule has 2 aromatic heterocycles. The Morgan fingerprint density at radius 3 is 2.59 bits per heavy atom. The second-order valence-electron chi connectivity index (χ2n) is 8.02. The van der Waals surface area contributed by atoms with E-state index < -0.39 is 0 Å². The molecule has 0 unspecified atom stereocenters. The first-order valence-corrected chi connectivity index (χ1v) is 11.4. The lowest BCUT2D eigenvalue weighted by Gasteiger charge is -2.13. The molecule has 1 amide bonds. The fourth-order valence-corrected chi connectivity index (χ4v) is 4.21. The van der Waals surface area contributed by atoms with Crippen LogP contribution < -0.4 is 14.8 Å². The van der Waals surface area contributed by atoms with E-state index in [1.165, 1.54) is 0 Å². The predicted molar refractivity (Wildman–Crippen MR) is 132 cm³/mol. The third kappa shape index (κ3) is 4.70. The molecule has 0 aliphatic rings. The lowest BCUT2D eigenvalue weighted by atomic mass is 10.0. The molecular weight excluding hydrogens is 452 g/mol. The molecule has 176 valence electrons. The van der Waals surface area contributed by atoms with Gasteiger partial charge in [-0.2, -0.15) is 5.10 Å². The smallest absolute Gasteiger partial charge is 0.256 e. The highest BCUT2D eigenvalue weighted by atomic mass is 35.5. The molecule has 8 heteroatoms. The van der Waals surface area contributed by atoms with E-state index in [1.54, 1.807) is 24.9 Å². The molecule has 1 N–H and O–H groups in total. The number of fused-ring (bicyclic) bond motifs is 1. The van der Waals surface area contributed by atoms with Crippen molar-refractivity contribution in [3.63, 3.8) is 0 Å². The number of hydrogen-bond donors (Lipinski definition) is 1. The first-order valence-electron chi connectivity index (χ1n) is 11.0. The fourth-order valence-electron chi connectivity index (χ4n) is 4.01. The maximum absolute atomic E-state index is 12.9. The first-order chi connectivity index (χ1) is 16.4. The quantitative estimate of drug-likeness (QED) is 0.401. The van der Waals surface area contributed by atoms with Gasteiger partial charge < -0.3 is 14.8 Å². The van der Waals surface area contributed by atoms with Crippen LogP contribution in [-0.4, -0.2) is 41.3 Å². The van der Waals surface area contributed by atoms with Crippen molar-refractivity contribution in [2.24, 2.45) is 0 Å². The molecule has 4 aromatic rings. The number of hydrogen-bond acceptors (Lipinski definition) is 5. The third-order valence-electron chi connectivity index (χ3n) is 5.93. The van der Waals surface area contributed by atoms with Crippen LogP contribution in [0.1, 0.15) is 38.4 Å². The van der Waals surface area contributed by atoms with E-state index in [4.69, 9.17) is 26.1 Å². The summed E-state index contributed by atoms with van der Waals surface area (Å²) in [6.45, 7) is 4.40. The summed E-state index contributed by atoms with van der Waals surface area (Å²) in [4.78, 5) is 17.6. The van der Waals surface area contributed by atoms with Gasteiger partial charge in [0, 0.05) is 29.4 Å². The minimum absolute atomic E-state index is 0.208. The Morgan fingerprint density at radius 1 is 1.09 bits per heavy atom. The fraction of sp³-hybridized carbons (Fsp3) is 0.269. The summed E-state index contributed by atoms with van der Waals surface area (Å²) in [7, 11) is 3.20. The number of halogens is 1. The number of nitrogens with zero attached hydrogens (tertiary/aromatic N) is 3. The number of carbonyl (C=O) groups excluding carboxylic acids is 1. The molecule has 0 bridgehead atoms. The van der Waals surface area contributed by atoms with E-state index in [2.05, 4.69) is 10.4 Å². The zero-order valence-corrected chi connectivity index (χ0v) is 20.4. The predicted octanol–water partition coefficient (Wildman–Crippen LogP) is 4.58. The highest BCUT2D eigenvalue weighted by molar-refractivity contribution is 6.31. The van der Waals surface area contributed by atoms with Crippen molar-refractivity contribution in [1.29, 1.82) is 0 Å². The van der Waals surface area contributed by atoms with Gasteiger partial charge >= 0.3 is 0 Å². The molecule has 0 aliphatic carbocycles. The topological polar surface area (TPSA) is 77.8 Å². The molecule has 0 saturated carbocycles. The molecule has 0 saturated heterocycles. The second-order valence-corrected chi connectivity index (χ2v) is 8.43. The SMILES string of the molecule is COc1ccc(CCNC(=O)c2cnn3c(C)c(Cc4ccccc4Cl)c(C)nc23)cc1OC. The lowest BCUT2D eigenvalue weighted by molar-refractivity contribution is 0.0955. The monoisotopic (exact) mass is 478 g/mol. The Balaban J connectivity index is 1.50. The van der Waals surface area contributed by atoms with Gasteiger partial charge in [-0.1, -0.05) is 35.9 Å². The summed E-state index contributed by atoms with van der Waals surface area (Å²) < 4.78 is 12.3. The summed E-state index contributed by atoms with van der Waals surface area (Å²) in [5.74, 6) is 1.13. The number of aromatic nitrogens is 3. The van der Waals surface area contributed by atoms with Gasteiger partial charge in [0.25, 0.3) is 5.91 Å². The molecule has 34 heavy (non-hydrogen) atoms. The second kappa shape index (κ2) is 10.1. The largest absolute Gasteiger partial charge is 0.493 e. The molecular formula is C26H27ClN4O3. The van der Waals surface area contributed by atoms with Crippen LogP contribution in [0.25, 0.3) is 5.65 Å². The molecule has 7 nitrogen and oxygen atoms in total. The van der Waals surface area contributed by atoms with Gasteiger partial charge in [0.2, 0.25) is 0 Å². The maximum Gasteiger partial charge on any atom is 0.256 e. The van der Waals surface area contributed by atoms with Crippen molar-refractivity contribution in [3.8, 4) is 11.5 Å². The van der Waals surface area contributed by atoms with Gasteiger partial charge in [0.1, 0.15) is 5.56 Å². The van der Waals surface area contributed by atoms with Gasteiger partial charge in [-0.3, -0.25) is 4.79 Å². The zero-order chi connectivity index (χ0) is 24.2. The van der Waals surface area contributed by atoms with Crippen molar-refractivity contribution in [2.75, 3.05) is 20.8 Å². The minimum Gasteiger partial charge on any atom is -0.493 e. The van der Waals surface area contributed by atoms with Crippen LogP contribution in [0.3, 0.4) is 0 Å². The normalized spacial score (nSPS) is 11.0. The molecule has 0 radical (unpaired) electrons. The van der Waals surface area contributed by atoms with Gasteiger partial charge in [-0.25, -0.2) is 9.50 Å². The lowest BCUT2D eigenvalue weighted by Crippen LogP contribution is -2.25. The van der Waals surface area contributed by atoms with E-state index in [1.807, 2.05) is 56.3 Å². The average molecular weight is 479 g/mol. The number of ether oxygens (including phenoxy) is 2. The molecule has 0 spiro atoms. The first kappa shape index (κ1) is 23.6. The van der Waals surface area contributed by atoms with Gasteiger partial charge in [-0.05, 0) is 55.2 Å². The van der Waals surface area contributed by atoms with Crippen LogP contribution in [0.5, 0.6) is 11.5 Å². The molecule has 2 aromatic carbocycles. The van der Waals surface area contributed by atoms with Crippen molar-refractivity contribution >= 4 is 23.2 Å². The standard InChI is InChI=1S/C26H27ClN4O3/c1-16-20(14-19-7-5-6-8-22(19)27)17(2)31-25(30-16)21(15-29-31)26(32)28-12-11-18-9-10-23(33-3)24(13-18)34-4/h5-10,13,15H,11-12,14H2,1-4H3,(H,28,32). The van der Waals surface area contributed by atoms with E-state index in [-0.39, 0.29) is 5.91 Å². The Kier molecular flexibility index (Phi) is 7.03. The van der Waals surface area contributed by atoms with E-state index in [0.717, 1.165) is 33.1 Å². The van der Waals surface area contributed by atoms with Crippen LogP contribution in [0.15, 0.2) is 48.7 Å². The van der Waals surface area contributed by atoms with Crippen molar-refractivity contribution in [3.05, 3.63) is 87.3 Å². The average Bonchev–Trinajstić information content (AvgIpc) is 3.26. The summed E-state index contributed by atoms with van der Waals surface area (Å²) in [6, 6.07) is 13.5. The Labute approximate surface area is 203 Å². The molecule has 0 aliphatic heterocycles. The van der Waals surface area contributed by atoms with Crippen LogP contribution in [-0.2, 0) is 12.8 Å². The van der Waals surface area contributed by atoms with E-state index in [9.17, 15) is 4.79 Å². The molecule has 4 rings (SSSR count). The Morgan fingerprint density at radius 2 is 1.85 bits per heavy atom. The highest BCUT2D eigenvalue weighted by Gasteiger charge is 2.19. The summed E-state index contributed by atoms with van der Waals surface area (Å²) in [5.41, 5.74) is 5.88. The maximum atomic E-state index is 12.9. The minimum atomic E-state index is -0.208. The number of carbonyl (C=O) groups is 1. The van der Waals surface area contributed by atoms with Crippen LogP contribution >= 0.6 is 11.6 Å². The van der Waals surface area contributed by atoms with Gasteiger partial charge in [0.15, 0.2) is 17.1 Å². The molecule has 2 heterocycles. The number of rotatable bonds is 8. The Hall–Kier alpha value is -3.58.